The number of benzene rings is 3. The molecule has 3 aromatic carbocycles. The lowest BCUT2D eigenvalue weighted by atomic mass is 9.99. The van der Waals surface area contributed by atoms with Crippen LogP contribution in [-0.2, 0) is 0 Å². The van der Waals surface area contributed by atoms with Crippen LogP contribution in [0.15, 0.2) is 54.6 Å². The van der Waals surface area contributed by atoms with E-state index in [-0.39, 0.29) is 0 Å². The molecule has 0 amide bonds. The van der Waals surface area contributed by atoms with Gasteiger partial charge in [0.2, 0.25) is 0 Å². The first-order valence-electron chi connectivity index (χ1n) is 9.10. The molecule has 0 aliphatic carbocycles. The van der Waals surface area contributed by atoms with Gasteiger partial charge in [-0.05, 0) is 42.0 Å². The molecule has 1 aliphatic heterocycles. The van der Waals surface area contributed by atoms with Crippen LogP contribution in [0.3, 0.4) is 0 Å². The summed E-state index contributed by atoms with van der Waals surface area (Å²) in [6.45, 7) is 0. The second kappa shape index (κ2) is 7.00. The predicted molar refractivity (Wildman–Crippen MR) is 114 cm³/mol. The minimum atomic E-state index is 0.788. The molecule has 0 saturated carbocycles. The molecule has 0 bridgehead atoms. The normalized spacial score (nSPS) is 12.3. The lowest BCUT2D eigenvalue weighted by Gasteiger charge is -2.37. The van der Waals surface area contributed by atoms with Gasteiger partial charge >= 0.3 is 0 Å². The van der Waals surface area contributed by atoms with Crippen LogP contribution < -0.4 is 24.0 Å². The summed E-state index contributed by atoms with van der Waals surface area (Å²) in [5.41, 5.74) is 6.47. The SMILES string of the molecule is COc1ccc2c(c1)N(C)c1ccc(-c3c(OC)cccc3OC)cc1N2C. The summed E-state index contributed by atoms with van der Waals surface area (Å²) in [6, 6.07) is 18.4. The number of ether oxygens (including phenoxy) is 3. The average Bonchev–Trinajstić information content (AvgIpc) is 2.76. The number of methoxy groups -OCH3 is 3. The fourth-order valence-corrected chi connectivity index (χ4v) is 3.81. The first-order valence-corrected chi connectivity index (χ1v) is 9.10. The highest BCUT2D eigenvalue weighted by atomic mass is 16.5. The molecule has 4 rings (SSSR count). The van der Waals surface area contributed by atoms with E-state index in [1.54, 1.807) is 21.3 Å². The number of fused-ring (bicyclic) bond motifs is 2. The second-order valence-corrected chi connectivity index (χ2v) is 6.71. The third-order valence-electron chi connectivity index (χ3n) is 5.32. The van der Waals surface area contributed by atoms with Gasteiger partial charge in [-0.25, -0.2) is 0 Å². The molecule has 1 heterocycles. The fraction of sp³-hybridized carbons (Fsp3) is 0.217. The Labute approximate surface area is 165 Å². The third-order valence-corrected chi connectivity index (χ3v) is 5.32. The summed E-state index contributed by atoms with van der Waals surface area (Å²) in [7, 11) is 9.21. The molecular weight excluding hydrogens is 352 g/mol. The van der Waals surface area contributed by atoms with Crippen molar-refractivity contribution >= 4 is 22.7 Å². The molecule has 0 fully saturated rings. The zero-order valence-corrected chi connectivity index (χ0v) is 16.8. The fourth-order valence-electron chi connectivity index (χ4n) is 3.81. The summed E-state index contributed by atoms with van der Waals surface area (Å²) in [5.74, 6) is 2.42. The number of nitrogens with zero attached hydrogens (tertiary/aromatic N) is 2. The van der Waals surface area contributed by atoms with Crippen molar-refractivity contribution < 1.29 is 14.2 Å². The maximum atomic E-state index is 5.60. The molecule has 0 N–H and O–H groups in total. The molecule has 0 unspecified atom stereocenters. The molecule has 0 spiro atoms. The summed E-state index contributed by atoms with van der Waals surface area (Å²) < 4.78 is 16.6. The van der Waals surface area contributed by atoms with Crippen molar-refractivity contribution in [3.8, 4) is 28.4 Å². The molecule has 0 radical (unpaired) electrons. The van der Waals surface area contributed by atoms with Gasteiger partial charge in [-0.1, -0.05) is 12.1 Å². The van der Waals surface area contributed by atoms with E-state index in [1.165, 1.54) is 0 Å². The van der Waals surface area contributed by atoms with Crippen LogP contribution in [0.5, 0.6) is 17.2 Å². The van der Waals surface area contributed by atoms with Crippen molar-refractivity contribution in [3.63, 3.8) is 0 Å². The molecule has 5 heteroatoms. The molecule has 3 aromatic rings. The van der Waals surface area contributed by atoms with Gasteiger partial charge in [0.25, 0.3) is 0 Å². The molecule has 0 saturated heterocycles. The van der Waals surface area contributed by atoms with E-state index in [0.29, 0.717) is 0 Å². The average molecular weight is 376 g/mol. The van der Waals surface area contributed by atoms with E-state index in [9.17, 15) is 0 Å². The van der Waals surface area contributed by atoms with Crippen molar-refractivity contribution in [1.29, 1.82) is 0 Å². The Hall–Kier alpha value is -3.34. The Kier molecular flexibility index (Phi) is 4.51. The quantitative estimate of drug-likeness (QED) is 0.623. The third kappa shape index (κ3) is 2.71. The highest BCUT2D eigenvalue weighted by molar-refractivity contribution is 5.95. The van der Waals surface area contributed by atoms with Crippen LogP contribution >= 0.6 is 0 Å². The van der Waals surface area contributed by atoms with Gasteiger partial charge in [-0.15, -0.1) is 0 Å². The first kappa shape index (κ1) is 18.0. The van der Waals surface area contributed by atoms with Crippen molar-refractivity contribution in [2.75, 3.05) is 45.2 Å². The lowest BCUT2D eigenvalue weighted by molar-refractivity contribution is 0.397. The van der Waals surface area contributed by atoms with Crippen LogP contribution in [-0.4, -0.2) is 35.4 Å². The van der Waals surface area contributed by atoms with Crippen molar-refractivity contribution in [1.82, 2.24) is 0 Å². The Morgan fingerprint density at radius 3 is 1.75 bits per heavy atom. The Balaban J connectivity index is 1.87. The minimum Gasteiger partial charge on any atom is -0.497 e. The Bertz CT molecular complexity index is 1010. The van der Waals surface area contributed by atoms with Crippen molar-refractivity contribution in [3.05, 3.63) is 54.6 Å². The summed E-state index contributed by atoms with van der Waals surface area (Å²) >= 11 is 0. The van der Waals surface area contributed by atoms with Gasteiger partial charge in [0.05, 0.1) is 49.6 Å². The van der Waals surface area contributed by atoms with Crippen LogP contribution in [0, 0.1) is 0 Å². The van der Waals surface area contributed by atoms with E-state index >= 15 is 0 Å². The van der Waals surface area contributed by atoms with E-state index in [1.807, 2.05) is 24.3 Å². The summed E-state index contributed by atoms with van der Waals surface area (Å²) in [6.07, 6.45) is 0. The topological polar surface area (TPSA) is 34.2 Å². The molecule has 5 nitrogen and oxygen atoms in total. The maximum absolute atomic E-state index is 5.60. The predicted octanol–water partition coefficient (Wildman–Crippen LogP) is 5.23. The molecule has 144 valence electrons. The number of anilines is 4. The zero-order valence-electron chi connectivity index (χ0n) is 16.8. The van der Waals surface area contributed by atoms with Crippen molar-refractivity contribution in [2.24, 2.45) is 0 Å². The Morgan fingerprint density at radius 1 is 0.607 bits per heavy atom. The van der Waals surface area contributed by atoms with Crippen LogP contribution in [0.4, 0.5) is 22.7 Å². The van der Waals surface area contributed by atoms with Crippen molar-refractivity contribution in [2.45, 2.75) is 0 Å². The van der Waals surface area contributed by atoms with Gasteiger partial charge < -0.3 is 24.0 Å². The molecular formula is C23H24N2O3. The largest absolute Gasteiger partial charge is 0.497 e. The van der Waals surface area contributed by atoms with E-state index in [4.69, 9.17) is 14.2 Å². The zero-order chi connectivity index (χ0) is 19.8. The second-order valence-electron chi connectivity index (χ2n) is 6.71. The lowest BCUT2D eigenvalue weighted by Crippen LogP contribution is -2.24. The molecule has 1 aliphatic rings. The smallest absolute Gasteiger partial charge is 0.130 e. The first-order chi connectivity index (χ1) is 13.6. The monoisotopic (exact) mass is 376 g/mol. The van der Waals surface area contributed by atoms with Gasteiger partial charge in [-0.2, -0.15) is 0 Å². The molecule has 0 atom stereocenters. The van der Waals surface area contributed by atoms with E-state index < -0.39 is 0 Å². The number of hydrogen-bond acceptors (Lipinski definition) is 5. The van der Waals surface area contributed by atoms with Gasteiger partial charge in [-0.3, -0.25) is 0 Å². The number of rotatable bonds is 4. The summed E-state index contributed by atoms with van der Waals surface area (Å²) in [5, 5.41) is 0. The van der Waals surface area contributed by atoms with Crippen LogP contribution in [0.2, 0.25) is 0 Å². The Morgan fingerprint density at radius 2 is 1.18 bits per heavy atom. The standard InChI is InChI=1S/C23H24N2O3/c1-24-18-12-10-16(26-3)14-20(18)25(2)17-11-9-15(13-19(17)24)23-21(27-4)7-6-8-22(23)28-5/h6-14H,1-5H3. The van der Waals surface area contributed by atoms with E-state index in [0.717, 1.165) is 51.1 Å². The maximum Gasteiger partial charge on any atom is 0.130 e. The summed E-state index contributed by atoms with van der Waals surface area (Å²) in [4.78, 5) is 4.39. The van der Waals surface area contributed by atoms with Crippen LogP contribution in [0.25, 0.3) is 11.1 Å². The van der Waals surface area contributed by atoms with Gasteiger partial charge in [0.15, 0.2) is 0 Å². The van der Waals surface area contributed by atoms with Gasteiger partial charge in [0, 0.05) is 20.2 Å². The highest BCUT2D eigenvalue weighted by Gasteiger charge is 2.25. The number of hydrogen-bond donors (Lipinski definition) is 0. The van der Waals surface area contributed by atoms with Crippen LogP contribution in [0.1, 0.15) is 0 Å². The molecule has 0 aromatic heterocycles. The van der Waals surface area contributed by atoms with E-state index in [2.05, 4.69) is 54.2 Å². The molecule has 28 heavy (non-hydrogen) atoms. The highest BCUT2D eigenvalue weighted by Crippen LogP contribution is 2.49. The minimum absolute atomic E-state index is 0.788. The van der Waals surface area contributed by atoms with Gasteiger partial charge in [0.1, 0.15) is 17.2 Å².